The molecule has 3 aromatic heterocycles. The van der Waals surface area contributed by atoms with Gasteiger partial charge in [0.05, 0.1) is 17.6 Å². The van der Waals surface area contributed by atoms with Gasteiger partial charge in [-0.3, -0.25) is 9.89 Å². The van der Waals surface area contributed by atoms with Crippen LogP contribution in [0.4, 0.5) is 0 Å². The second-order valence-electron chi connectivity index (χ2n) is 7.79. The highest BCUT2D eigenvalue weighted by Crippen LogP contribution is 2.34. The Kier molecular flexibility index (Phi) is 5.92. The molecule has 0 bridgehead atoms. The van der Waals surface area contributed by atoms with E-state index in [0.717, 1.165) is 54.2 Å². The summed E-state index contributed by atoms with van der Waals surface area (Å²) in [6.45, 7) is 7.30. The van der Waals surface area contributed by atoms with Gasteiger partial charge < -0.3 is 9.42 Å². The van der Waals surface area contributed by atoms with Gasteiger partial charge in [-0.15, -0.1) is 0 Å². The van der Waals surface area contributed by atoms with E-state index in [-0.39, 0.29) is 5.91 Å². The van der Waals surface area contributed by atoms with Gasteiger partial charge in [-0.2, -0.15) is 5.10 Å². The molecule has 1 fully saturated rings. The molecule has 30 heavy (non-hydrogen) atoms. The molecule has 158 valence electrons. The fourth-order valence-corrected chi connectivity index (χ4v) is 4.17. The van der Waals surface area contributed by atoms with E-state index in [4.69, 9.17) is 9.51 Å². The lowest BCUT2D eigenvalue weighted by Crippen LogP contribution is -2.38. The molecule has 1 aliphatic rings. The average molecular weight is 409 g/mol. The molecule has 3 aromatic rings. The van der Waals surface area contributed by atoms with Crippen LogP contribution in [0.5, 0.6) is 0 Å². The van der Waals surface area contributed by atoms with Crippen LogP contribution in [0, 0.1) is 6.92 Å². The third kappa shape index (κ3) is 3.86. The van der Waals surface area contributed by atoms with Gasteiger partial charge in [-0.1, -0.05) is 19.0 Å². The van der Waals surface area contributed by atoms with Crippen LogP contribution in [0.25, 0.3) is 11.3 Å². The number of nitrogens with zero attached hydrogens (tertiary/aromatic N) is 5. The Hall–Kier alpha value is -3.03. The molecule has 0 atom stereocenters. The summed E-state index contributed by atoms with van der Waals surface area (Å²) in [5, 5.41) is 11.5. The molecule has 8 nitrogen and oxygen atoms in total. The minimum atomic E-state index is 0.0221. The standard InChI is InChI=1S/C22H28N6O2/c1-4-6-19-23-10-7-18(25-19)16-13-24-26-21(16)15-8-11-28(12-9-15)22(29)20-14(3)30-27-17(20)5-2/h7,10,13,15H,4-6,8-9,11-12H2,1-3H3,(H,24,26). The summed E-state index contributed by atoms with van der Waals surface area (Å²) in [5.74, 6) is 1.79. The van der Waals surface area contributed by atoms with Gasteiger partial charge in [0.25, 0.3) is 5.91 Å². The van der Waals surface area contributed by atoms with E-state index >= 15 is 0 Å². The first-order valence-corrected chi connectivity index (χ1v) is 10.7. The lowest BCUT2D eigenvalue weighted by molar-refractivity contribution is 0.0709. The molecule has 1 N–H and O–H groups in total. The zero-order valence-corrected chi connectivity index (χ0v) is 17.8. The molecular weight excluding hydrogens is 380 g/mol. The van der Waals surface area contributed by atoms with Gasteiger partial charge in [0.15, 0.2) is 0 Å². The number of hydrogen-bond donors (Lipinski definition) is 1. The summed E-state index contributed by atoms with van der Waals surface area (Å²) >= 11 is 0. The maximum absolute atomic E-state index is 13.0. The number of carbonyl (C=O) groups excluding carboxylic acids is 1. The number of piperidine rings is 1. The highest BCUT2D eigenvalue weighted by atomic mass is 16.5. The van der Waals surface area contributed by atoms with Crippen molar-refractivity contribution in [3.63, 3.8) is 0 Å². The number of aromatic amines is 1. The maximum Gasteiger partial charge on any atom is 0.259 e. The summed E-state index contributed by atoms with van der Waals surface area (Å²) in [6.07, 6.45) is 7.98. The Bertz CT molecular complexity index is 1020. The van der Waals surface area contributed by atoms with Gasteiger partial charge >= 0.3 is 0 Å². The Morgan fingerprint density at radius 1 is 1.30 bits per heavy atom. The number of amides is 1. The summed E-state index contributed by atoms with van der Waals surface area (Å²) in [6, 6.07) is 1.94. The number of nitrogens with one attached hydrogen (secondary N) is 1. The molecular formula is C22H28N6O2. The van der Waals surface area contributed by atoms with Gasteiger partial charge in [-0.05, 0) is 38.7 Å². The minimum absolute atomic E-state index is 0.0221. The zero-order chi connectivity index (χ0) is 21.1. The van der Waals surface area contributed by atoms with Crippen molar-refractivity contribution in [3.8, 4) is 11.3 Å². The van der Waals surface area contributed by atoms with Crippen LogP contribution in [-0.2, 0) is 12.8 Å². The number of H-pyrrole nitrogens is 1. The van der Waals surface area contributed by atoms with Crippen LogP contribution in [0.2, 0.25) is 0 Å². The van der Waals surface area contributed by atoms with Crippen molar-refractivity contribution in [2.75, 3.05) is 13.1 Å². The molecule has 4 rings (SSSR count). The van der Waals surface area contributed by atoms with E-state index in [1.807, 2.05) is 30.3 Å². The summed E-state index contributed by atoms with van der Waals surface area (Å²) in [4.78, 5) is 24.0. The maximum atomic E-state index is 13.0. The molecule has 8 heteroatoms. The number of carbonyl (C=O) groups is 1. The lowest BCUT2D eigenvalue weighted by Gasteiger charge is -2.32. The van der Waals surface area contributed by atoms with Gasteiger partial charge in [0.2, 0.25) is 0 Å². The SMILES string of the molecule is CCCc1nccc(-c2cn[nH]c2C2CCN(C(=O)c3c(CC)noc3C)CC2)n1. The molecule has 0 aliphatic carbocycles. The van der Waals surface area contributed by atoms with Crippen molar-refractivity contribution in [1.82, 2.24) is 30.2 Å². The normalized spacial score (nSPS) is 15.0. The van der Waals surface area contributed by atoms with Crippen LogP contribution in [0.1, 0.15) is 72.4 Å². The Labute approximate surface area is 176 Å². The van der Waals surface area contributed by atoms with E-state index in [2.05, 4.69) is 27.3 Å². The number of aromatic nitrogens is 5. The average Bonchev–Trinajstić information content (AvgIpc) is 3.40. The molecule has 1 amide bonds. The minimum Gasteiger partial charge on any atom is -0.361 e. The predicted octanol–water partition coefficient (Wildman–Crippen LogP) is 3.70. The fourth-order valence-electron chi connectivity index (χ4n) is 4.17. The molecule has 4 heterocycles. The quantitative estimate of drug-likeness (QED) is 0.667. The molecule has 0 spiro atoms. The highest BCUT2D eigenvalue weighted by molar-refractivity contribution is 5.96. The van der Waals surface area contributed by atoms with E-state index in [9.17, 15) is 4.79 Å². The molecule has 1 aliphatic heterocycles. The molecule has 0 unspecified atom stereocenters. The van der Waals surface area contributed by atoms with Crippen LogP contribution in [0.15, 0.2) is 23.0 Å². The van der Waals surface area contributed by atoms with Gasteiger partial charge in [-0.25, -0.2) is 9.97 Å². The topological polar surface area (TPSA) is 101 Å². The van der Waals surface area contributed by atoms with Crippen molar-refractivity contribution in [3.05, 3.63) is 47.0 Å². The van der Waals surface area contributed by atoms with Crippen molar-refractivity contribution >= 4 is 5.91 Å². The van der Waals surface area contributed by atoms with Gasteiger partial charge in [0.1, 0.15) is 17.1 Å². The Morgan fingerprint density at radius 2 is 2.10 bits per heavy atom. The molecule has 0 radical (unpaired) electrons. The van der Waals surface area contributed by atoms with Crippen LogP contribution in [-0.4, -0.2) is 49.2 Å². The van der Waals surface area contributed by atoms with E-state index in [1.165, 1.54) is 0 Å². The van der Waals surface area contributed by atoms with E-state index in [1.54, 1.807) is 6.92 Å². The van der Waals surface area contributed by atoms with Crippen LogP contribution < -0.4 is 0 Å². The second-order valence-corrected chi connectivity index (χ2v) is 7.79. The van der Waals surface area contributed by atoms with Crippen molar-refractivity contribution in [2.24, 2.45) is 0 Å². The van der Waals surface area contributed by atoms with Crippen molar-refractivity contribution in [2.45, 2.75) is 58.8 Å². The summed E-state index contributed by atoms with van der Waals surface area (Å²) in [5.41, 5.74) is 4.40. The fraction of sp³-hybridized carbons (Fsp3) is 0.500. The van der Waals surface area contributed by atoms with Crippen LogP contribution in [0.3, 0.4) is 0 Å². The van der Waals surface area contributed by atoms with Crippen LogP contribution >= 0.6 is 0 Å². The number of likely N-dealkylation sites (tertiary alicyclic amines) is 1. The highest BCUT2D eigenvalue weighted by Gasteiger charge is 2.30. The Morgan fingerprint density at radius 3 is 2.83 bits per heavy atom. The van der Waals surface area contributed by atoms with E-state index in [0.29, 0.717) is 36.8 Å². The second kappa shape index (κ2) is 8.77. The zero-order valence-electron chi connectivity index (χ0n) is 17.8. The first-order valence-electron chi connectivity index (χ1n) is 10.7. The third-order valence-corrected chi connectivity index (χ3v) is 5.80. The molecule has 0 aromatic carbocycles. The van der Waals surface area contributed by atoms with Crippen molar-refractivity contribution < 1.29 is 9.32 Å². The third-order valence-electron chi connectivity index (χ3n) is 5.80. The van der Waals surface area contributed by atoms with Crippen molar-refractivity contribution in [1.29, 1.82) is 0 Å². The largest absolute Gasteiger partial charge is 0.361 e. The number of hydrogen-bond acceptors (Lipinski definition) is 6. The lowest BCUT2D eigenvalue weighted by atomic mass is 9.90. The van der Waals surface area contributed by atoms with Gasteiger partial charge in [0, 0.05) is 42.9 Å². The van der Waals surface area contributed by atoms with E-state index < -0.39 is 0 Å². The number of rotatable bonds is 6. The molecule has 0 saturated carbocycles. The summed E-state index contributed by atoms with van der Waals surface area (Å²) in [7, 11) is 0. The predicted molar refractivity (Wildman–Crippen MR) is 112 cm³/mol. The first-order chi connectivity index (χ1) is 14.6. The number of aryl methyl sites for hydroxylation is 3. The summed E-state index contributed by atoms with van der Waals surface area (Å²) < 4.78 is 5.25. The smallest absolute Gasteiger partial charge is 0.259 e. The Balaban J connectivity index is 1.48. The molecule has 1 saturated heterocycles. The monoisotopic (exact) mass is 408 g/mol. The first kappa shape index (κ1) is 20.3.